The number of carbonyl (C=O) groups is 2. The molecule has 1 aromatic rings. The Morgan fingerprint density at radius 3 is 2.48 bits per heavy atom. The summed E-state index contributed by atoms with van der Waals surface area (Å²) in [6.45, 7) is 8.33. The number of carbonyl (C=O) groups excluding carboxylic acids is 2. The van der Waals surface area contributed by atoms with E-state index in [0.717, 1.165) is 11.1 Å². The van der Waals surface area contributed by atoms with Crippen LogP contribution in [0.25, 0.3) is 0 Å². The molecule has 2 heterocycles. The number of hydrogen-bond donors (Lipinski definition) is 0. The smallest absolute Gasteiger partial charge is 0.355 e. The standard InChI is InChI=1S/C18H26N2O3/c1-11(2)14-9-15(18(22)23-12(3)4)20-8-7-13(10-19(5)6)17(21)16(14)20/h9-12H,7-8H2,1-6H3. The first-order chi connectivity index (χ1) is 10.7. The van der Waals surface area contributed by atoms with E-state index in [1.54, 1.807) is 0 Å². The normalized spacial score (nSPS) is 16.2. The Bertz CT molecular complexity index is 651. The zero-order valence-electron chi connectivity index (χ0n) is 14.8. The molecule has 0 aliphatic carbocycles. The maximum absolute atomic E-state index is 12.9. The first-order valence-electron chi connectivity index (χ1n) is 8.08. The second-order valence-electron chi connectivity index (χ2n) is 6.79. The van der Waals surface area contributed by atoms with Gasteiger partial charge in [-0.05, 0) is 37.8 Å². The van der Waals surface area contributed by atoms with Gasteiger partial charge in [-0.15, -0.1) is 0 Å². The molecule has 0 saturated carbocycles. The average Bonchev–Trinajstić information content (AvgIpc) is 2.81. The van der Waals surface area contributed by atoms with Gasteiger partial charge in [0.2, 0.25) is 5.78 Å². The molecule has 1 aliphatic rings. The average molecular weight is 318 g/mol. The lowest BCUT2D eigenvalue weighted by molar-refractivity contribution is 0.0364. The van der Waals surface area contributed by atoms with Gasteiger partial charge in [-0.25, -0.2) is 4.79 Å². The summed E-state index contributed by atoms with van der Waals surface area (Å²) in [5.41, 5.74) is 2.81. The molecule has 0 bridgehead atoms. The first kappa shape index (κ1) is 17.3. The van der Waals surface area contributed by atoms with Crippen molar-refractivity contribution in [2.75, 3.05) is 14.1 Å². The minimum atomic E-state index is -0.360. The van der Waals surface area contributed by atoms with Gasteiger partial charge in [0.1, 0.15) is 5.69 Å². The van der Waals surface area contributed by atoms with E-state index in [0.29, 0.717) is 24.4 Å². The SMILES string of the molecule is CC(C)OC(=O)c1cc(C(C)C)c2n1CCC(=CN(C)C)C2=O. The van der Waals surface area contributed by atoms with Crippen LogP contribution in [0.15, 0.2) is 17.8 Å². The van der Waals surface area contributed by atoms with Crippen molar-refractivity contribution in [1.82, 2.24) is 9.47 Å². The van der Waals surface area contributed by atoms with Gasteiger partial charge in [0.15, 0.2) is 0 Å². The van der Waals surface area contributed by atoms with Crippen molar-refractivity contribution >= 4 is 11.8 Å². The van der Waals surface area contributed by atoms with Gasteiger partial charge < -0.3 is 14.2 Å². The molecule has 2 rings (SSSR count). The van der Waals surface area contributed by atoms with Crippen LogP contribution in [0.3, 0.4) is 0 Å². The summed E-state index contributed by atoms with van der Waals surface area (Å²) in [5.74, 6) is -0.183. The Labute approximate surface area is 137 Å². The molecule has 5 nitrogen and oxygen atoms in total. The molecule has 0 radical (unpaired) electrons. The number of esters is 1. The molecule has 0 aromatic carbocycles. The summed E-state index contributed by atoms with van der Waals surface area (Å²) in [5, 5.41) is 0. The lowest BCUT2D eigenvalue weighted by Crippen LogP contribution is -2.25. The molecule has 23 heavy (non-hydrogen) atoms. The van der Waals surface area contributed by atoms with E-state index in [1.165, 1.54) is 0 Å². The molecule has 0 N–H and O–H groups in total. The van der Waals surface area contributed by atoms with Crippen LogP contribution in [0.1, 0.15) is 66.6 Å². The molecule has 1 aromatic heterocycles. The molecule has 0 unspecified atom stereocenters. The fourth-order valence-electron chi connectivity index (χ4n) is 2.87. The maximum atomic E-state index is 12.9. The van der Waals surface area contributed by atoms with Crippen molar-refractivity contribution in [1.29, 1.82) is 0 Å². The van der Waals surface area contributed by atoms with E-state index in [9.17, 15) is 9.59 Å². The number of allylic oxidation sites excluding steroid dienone is 1. The highest BCUT2D eigenvalue weighted by Crippen LogP contribution is 2.31. The third-order valence-electron chi connectivity index (χ3n) is 3.83. The van der Waals surface area contributed by atoms with Crippen molar-refractivity contribution in [2.45, 2.75) is 52.7 Å². The highest BCUT2D eigenvalue weighted by atomic mass is 16.5. The number of rotatable bonds is 4. The number of hydrogen-bond acceptors (Lipinski definition) is 4. The van der Waals surface area contributed by atoms with Gasteiger partial charge in [0.05, 0.1) is 11.8 Å². The third kappa shape index (κ3) is 3.49. The van der Waals surface area contributed by atoms with E-state index in [1.807, 2.05) is 63.5 Å². The zero-order chi connectivity index (χ0) is 17.3. The topological polar surface area (TPSA) is 51.5 Å². The molecule has 0 fully saturated rings. The summed E-state index contributed by atoms with van der Waals surface area (Å²) in [7, 11) is 3.81. The van der Waals surface area contributed by atoms with Crippen LogP contribution in [-0.2, 0) is 11.3 Å². The van der Waals surface area contributed by atoms with Gasteiger partial charge in [0.25, 0.3) is 0 Å². The largest absolute Gasteiger partial charge is 0.458 e. The predicted molar refractivity (Wildman–Crippen MR) is 89.8 cm³/mol. The van der Waals surface area contributed by atoms with Crippen molar-refractivity contribution in [2.24, 2.45) is 0 Å². The number of fused-ring (bicyclic) bond motifs is 1. The lowest BCUT2D eigenvalue weighted by atomic mass is 9.95. The van der Waals surface area contributed by atoms with Gasteiger partial charge >= 0.3 is 5.97 Å². The number of Topliss-reactive ketones (excluding diaryl/α,β-unsaturated/α-hetero) is 1. The second kappa shape index (κ2) is 6.60. The van der Waals surface area contributed by atoms with Crippen LogP contribution in [0, 0.1) is 0 Å². The van der Waals surface area contributed by atoms with Crippen LogP contribution < -0.4 is 0 Å². The Morgan fingerprint density at radius 1 is 1.30 bits per heavy atom. The maximum Gasteiger partial charge on any atom is 0.355 e. The van der Waals surface area contributed by atoms with Crippen molar-refractivity contribution in [3.8, 4) is 0 Å². The van der Waals surface area contributed by atoms with Crippen molar-refractivity contribution in [3.63, 3.8) is 0 Å². The molecule has 0 atom stereocenters. The lowest BCUT2D eigenvalue weighted by Gasteiger charge is -2.22. The molecule has 5 heteroatoms. The molecule has 0 spiro atoms. The van der Waals surface area contributed by atoms with Crippen LogP contribution in [0.2, 0.25) is 0 Å². The van der Waals surface area contributed by atoms with Crippen LogP contribution in [0.4, 0.5) is 0 Å². The Balaban J connectivity index is 2.52. The predicted octanol–water partition coefficient (Wildman–Crippen LogP) is 3.21. The minimum Gasteiger partial charge on any atom is -0.458 e. The Kier molecular flexibility index (Phi) is 4.97. The fourth-order valence-corrected chi connectivity index (χ4v) is 2.87. The van der Waals surface area contributed by atoms with Crippen LogP contribution >= 0.6 is 0 Å². The molecular formula is C18H26N2O3. The molecule has 1 aliphatic heterocycles. The quantitative estimate of drug-likeness (QED) is 0.632. The van der Waals surface area contributed by atoms with E-state index < -0.39 is 0 Å². The highest BCUT2D eigenvalue weighted by molar-refractivity contribution is 6.10. The number of aromatic nitrogens is 1. The molecular weight excluding hydrogens is 292 g/mol. The summed E-state index contributed by atoms with van der Waals surface area (Å²) in [4.78, 5) is 27.1. The molecule has 126 valence electrons. The van der Waals surface area contributed by atoms with Crippen LogP contribution in [0.5, 0.6) is 0 Å². The minimum absolute atomic E-state index is 0.0113. The molecule has 0 amide bonds. The van der Waals surface area contributed by atoms with Gasteiger partial charge in [-0.3, -0.25) is 4.79 Å². The number of ketones is 1. The third-order valence-corrected chi connectivity index (χ3v) is 3.83. The number of nitrogens with zero attached hydrogens (tertiary/aromatic N) is 2. The van der Waals surface area contributed by atoms with Gasteiger partial charge in [-0.1, -0.05) is 13.8 Å². The highest BCUT2D eigenvalue weighted by Gasteiger charge is 2.31. The summed E-state index contributed by atoms with van der Waals surface area (Å²) in [6.07, 6.45) is 2.31. The monoisotopic (exact) mass is 318 g/mol. The first-order valence-corrected chi connectivity index (χ1v) is 8.08. The second-order valence-corrected chi connectivity index (χ2v) is 6.79. The Hall–Kier alpha value is -2.04. The number of ether oxygens (including phenoxy) is 1. The van der Waals surface area contributed by atoms with E-state index in [4.69, 9.17) is 4.74 Å². The van der Waals surface area contributed by atoms with Crippen molar-refractivity contribution < 1.29 is 14.3 Å². The van der Waals surface area contributed by atoms with E-state index in [2.05, 4.69) is 0 Å². The Morgan fingerprint density at radius 2 is 1.96 bits per heavy atom. The van der Waals surface area contributed by atoms with Gasteiger partial charge in [0, 0.05) is 32.4 Å². The summed E-state index contributed by atoms with van der Waals surface area (Å²) >= 11 is 0. The van der Waals surface area contributed by atoms with Gasteiger partial charge in [-0.2, -0.15) is 0 Å². The summed E-state index contributed by atoms with van der Waals surface area (Å²) in [6, 6.07) is 1.82. The fraction of sp³-hybridized carbons (Fsp3) is 0.556. The summed E-state index contributed by atoms with van der Waals surface area (Å²) < 4.78 is 7.16. The zero-order valence-corrected chi connectivity index (χ0v) is 14.8. The van der Waals surface area contributed by atoms with E-state index >= 15 is 0 Å². The molecule has 0 saturated heterocycles. The van der Waals surface area contributed by atoms with Crippen molar-refractivity contribution in [3.05, 3.63) is 34.8 Å². The van der Waals surface area contributed by atoms with Crippen LogP contribution in [-0.4, -0.2) is 41.4 Å². The van der Waals surface area contributed by atoms with E-state index in [-0.39, 0.29) is 23.8 Å².